The summed E-state index contributed by atoms with van der Waals surface area (Å²) in [5.74, 6) is 1.03. The molecule has 1 aliphatic heterocycles. The van der Waals surface area contributed by atoms with Crippen molar-refractivity contribution in [2.45, 2.75) is 25.4 Å². The van der Waals surface area contributed by atoms with Gasteiger partial charge in [0.15, 0.2) is 0 Å². The number of nitrogens with one attached hydrogen (secondary N) is 1. The van der Waals surface area contributed by atoms with Crippen molar-refractivity contribution >= 4 is 17.3 Å². The first kappa shape index (κ1) is 19.2. The first-order valence-electron chi connectivity index (χ1n) is 9.51. The Kier molecular flexibility index (Phi) is 6.35. The van der Waals surface area contributed by atoms with Crippen LogP contribution in [0, 0.1) is 0 Å². The average molecular weight is 367 g/mol. The maximum absolute atomic E-state index is 11.8. The summed E-state index contributed by atoms with van der Waals surface area (Å²) in [5, 5.41) is 3.39. The number of nitrogens with zero attached hydrogens (tertiary/aromatic N) is 2. The number of rotatable bonds is 6. The summed E-state index contributed by atoms with van der Waals surface area (Å²) in [4.78, 5) is 15.7. The number of piperidine rings is 1. The second-order valence-electron chi connectivity index (χ2n) is 7.43. The minimum Gasteiger partial charge on any atom is -0.490 e. The highest BCUT2D eigenvalue weighted by Crippen LogP contribution is 2.23. The van der Waals surface area contributed by atoms with Crippen LogP contribution in [0.25, 0.3) is 0 Å². The van der Waals surface area contributed by atoms with Crippen LogP contribution in [0.5, 0.6) is 5.75 Å². The smallest absolute Gasteiger partial charge is 0.226 e. The lowest BCUT2D eigenvalue weighted by Gasteiger charge is -2.29. The quantitative estimate of drug-likeness (QED) is 0.848. The Morgan fingerprint density at radius 2 is 1.59 bits per heavy atom. The number of hydrogen-bond acceptors (Lipinski definition) is 4. The Bertz CT molecular complexity index is 733. The Balaban J connectivity index is 1.52. The number of carbonyl (C=O) groups is 1. The van der Waals surface area contributed by atoms with Crippen molar-refractivity contribution in [3.8, 4) is 5.75 Å². The third kappa shape index (κ3) is 5.73. The van der Waals surface area contributed by atoms with Gasteiger partial charge in [-0.25, -0.2) is 0 Å². The Labute approximate surface area is 161 Å². The second-order valence-corrected chi connectivity index (χ2v) is 7.43. The van der Waals surface area contributed by atoms with Gasteiger partial charge in [0.25, 0.3) is 0 Å². The molecular weight excluding hydrogens is 338 g/mol. The lowest BCUT2D eigenvalue weighted by molar-refractivity contribution is -0.127. The Morgan fingerprint density at radius 1 is 1.04 bits per heavy atom. The lowest BCUT2D eigenvalue weighted by Crippen LogP contribution is -2.35. The van der Waals surface area contributed by atoms with Crippen LogP contribution < -0.4 is 10.1 Å². The molecule has 0 atom stereocenters. The number of likely N-dealkylation sites (N-methyl/N-ethyl adjacent to an activating group) is 1. The summed E-state index contributed by atoms with van der Waals surface area (Å²) in [6.45, 7) is 2.20. The van der Waals surface area contributed by atoms with Gasteiger partial charge in [-0.05, 0) is 61.9 Å². The van der Waals surface area contributed by atoms with Crippen LogP contribution in [0.15, 0.2) is 48.5 Å². The fourth-order valence-corrected chi connectivity index (χ4v) is 3.12. The molecule has 0 radical (unpaired) electrons. The summed E-state index contributed by atoms with van der Waals surface area (Å²) in [6.07, 6.45) is 2.91. The number of amides is 1. The van der Waals surface area contributed by atoms with E-state index in [2.05, 4.69) is 17.3 Å². The van der Waals surface area contributed by atoms with Gasteiger partial charge in [-0.1, -0.05) is 12.1 Å². The van der Waals surface area contributed by atoms with Crippen LogP contribution >= 0.6 is 0 Å². The van der Waals surface area contributed by atoms with Gasteiger partial charge < -0.3 is 19.9 Å². The predicted octanol–water partition coefficient (Wildman–Crippen LogP) is 3.53. The van der Waals surface area contributed by atoms with E-state index in [1.54, 1.807) is 19.0 Å². The van der Waals surface area contributed by atoms with E-state index >= 15 is 0 Å². The molecule has 5 heteroatoms. The molecule has 1 saturated heterocycles. The van der Waals surface area contributed by atoms with Gasteiger partial charge in [0.1, 0.15) is 11.9 Å². The van der Waals surface area contributed by atoms with Crippen LogP contribution in [-0.2, 0) is 11.2 Å². The van der Waals surface area contributed by atoms with Gasteiger partial charge in [0.2, 0.25) is 5.91 Å². The van der Waals surface area contributed by atoms with E-state index < -0.39 is 0 Å². The van der Waals surface area contributed by atoms with E-state index in [-0.39, 0.29) is 5.91 Å². The van der Waals surface area contributed by atoms with E-state index in [0.717, 1.165) is 48.6 Å². The maximum Gasteiger partial charge on any atom is 0.226 e. The van der Waals surface area contributed by atoms with E-state index in [4.69, 9.17) is 4.74 Å². The molecule has 27 heavy (non-hydrogen) atoms. The zero-order valence-corrected chi connectivity index (χ0v) is 16.4. The largest absolute Gasteiger partial charge is 0.490 e. The molecule has 1 fully saturated rings. The molecule has 1 aliphatic rings. The zero-order chi connectivity index (χ0) is 19.2. The number of anilines is 2. The van der Waals surface area contributed by atoms with Crippen LogP contribution in [0.2, 0.25) is 0 Å². The molecule has 3 rings (SSSR count). The van der Waals surface area contributed by atoms with Crippen LogP contribution in [0.3, 0.4) is 0 Å². The third-order valence-electron chi connectivity index (χ3n) is 4.92. The fraction of sp³-hybridized carbons (Fsp3) is 0.409. The van der Waals surface area contributed by atoms with Gasteiger partial charge in [-0.2, -0.15) is 0 Å². The highest BCUT2D eigenvalue weighted by molar-refractivity contribution is 5.78. The molecule has 2 aromatic rings. The molecule has 1 amide bonds. The second kappa shape index (κ2) is 8.91. The molecular formula is C22H29N3O2. The van der Waals surface area contributed by atoms with Gasteiger partial charge in [-0.15, -0.1) is 0 Å². The summed E-state index contributed by atoms with van der Waals surface area (Å²) < 4.78 is 6.09. The van der Waals surface area contributed by atoms with Crippen molar-refractivity contribution in [1.29, 1.82) is 0 Å². The number of benzene rings is 2. The number of ether oxygens (including phenoxy) is 1. The predicted molar refractivity (Wildman–Crippen MR) is 110 cm³/mol. The molecule has 1 N–H and O–H groups in total. The molecule has 0 bridgehead atoms. The van der Waals surface area contributed by atoms with Gasteiger partial charge >= 0.3 is 0 Å². The number of hydrogen-bond donors (Lipinski definition) is 1. The standard InChI is InChI=1S/C22H29N3O2/c1-24(2)22(26)16-17-4-6-18(7-5-17)23-19-8-10-20(11-9-19)27-21-12-14-25(3)15-13-21/h4-11,21,23H,12-16H2,1-3H3. The summed E-state index contributed by atoms with van der Waals surface area (Å²) in [6, 6.07) is 16.1. The first-order chi connectivity index (χ1) is 13.0. The highest BCUT2D eigenvalue weighted by atomic mass is 16.5. The van der Waals surface area contributed by atoms with Crippen molar-refractivity contribution in [2.75, 3.05) is 39.5 Å². The third-order valence-corrected chi connectivity index (χ3v) is 4.92. The van der Waals surface area contributed by atoms with E-state index in [0.29, 0.717) is 12.5 Å². The van der Waals surface area contributed by atoms with Crippen molar-refractivity contribution < 1.29 is 9.53 Å². The van der Waals surface area contributed by atoms with Crippen LogP contribution in [-0.4, -0.2) is 56.0 Å². The number of likely N-dealkylation sites (tertiary alicyclic amines) is 1. The van der Waals surface area contributed by atoms with E-state index in [9.17, 15) is 4.79 Å². The minimum absolute atomic E-state index is 0.107. The lowest BCUT2D eigenvalue weighted by atomic mass is 10.1. The molecule has 5 nitrogen and oxygen atoms in total. The summed E-state index contributed by atoms with van der Waals surface area (Å²) >= 11 is 0. The molecule has 0 aromatic heterocycles. The monoisotopic (exact) mass is 367 g/mol. The molecule has 144 valence electrons. The maximum atomic E-state index is 11.8. The zero-order valence-electron chi connectivity index (χ0n) is 16.4. The number of carbonyl (C=O) groups excluding carboxylic acids is 1. The van der Waals surface area contributed by atoms with E-state index in [1.807, 2.05) is 48.5 Å². The fourth-order valence-electron chi connectivity index (χ4n) is 3.12. The highest BCUT2D eigenvalue weighted by Gasteiger charge is 2.17. The topological polar surface area (TPSA) is 44.8 Å². The van der Waals surface area contributed by atoms with Crippen LogP contribution in [0.4, 0.5) is 11.4 Å². The van der Waals surface area contributed by atoms with E-state index in [1.165, 1.54) is 0 Å². The molecule has 0 spiro atoms. The SMILES string of the molecule is CN1CCC(Oc2ccc(Nc3ccc(CC(=O)N(C)C)cc3)cc2)CC1. The molecule has 1 heterocycles. The molecule has 0 unspecified atom stereocenters. The Morgan fingerprint density at radius 3 is 2.15 bits per heavy atom. The van der Waals surface area contributed by atoms with Crippen molar-refractivity contribution in [2.24, 2.45) is 0 Å². The molecule has 0 aliphatic carbocycles. The van der Waals surface area contributed by atoms with Gasteiger partial charge in [0.05, 0.1) is 6.42 Å². The Hall–Kier alpha value is -2.53. The van der Waals surface area contributed by atoms with Gasteiger partial charge in [0, 0.05) is 38.6 Å². The molecule has 0 saturated carbocycles. The van der Waals surface area contributed by atoms with Crippen molar-refractivity contribution in [3.63, 3.8) is 0 Å². The van der Waals surface area contributed by atoms with Gasteiger partial charge in [-0.3, -0.25) is 4.79 Å². The summed E-state index contributed by atoms with van der Waals surface area (Å²) in [5.41, 5.74) is 3.03. The molecule has 2 aromatic carbocycles. The summed E-state index contributed by atoms with van der Waals surface area (Å²) in [7, 11) is 5.71. The van der Waals surface area contributed by atoms with Crippen molar-refractivity contribution in [3.05, 3.63) is 54.1 Å². The minimum atomic E-state index is 0.107. The van der Waals surface area contributed by atoms with Crippen LogP contribution in [0.1, 0.15) is 18.4 Å². The van der Waals surface area contributed by atoms with Crippen molar-refractivity contribution in [1.82, 2.24) is 9.80 Å². The first-order valence-corrected chi connectivity index (χ1v) is 9.51. The average Bonchev–Trinajstić information content (AvgIpc) is 2.66. The normalized spacial score (nSPS) is 15.4.